The molecule has 8 nitrogen and oxygen atoms in total. The third-order valence-electron chi connectivity index (χ3n) is 4.47. The molecule has 1 fully saturated rings. The molecule has 0 spiro atoms. The van der Waals surface area contributed by atoms with Gasteiger partial charge in [-0.3, -0.25) is 4.98 Å². The molecule has 0 saturated carbocycles. The van der Waals surface area contributed by atoms with Gasteiger partial charge in [-0.2, -0.15) is 4.31 Å². The summed E-state index contributed by atoms with van der Waals surface area (Å²) in [5.41, 5.74) is 1.54. The zero-order valence-corrected chi connectivity index (χ0v) is 17.0. The van der Waals surface area contributed by atoms with Gasteiger partial charge in [-0.05, 0) is 38.5 Å². The summed E-state index contributed by atoms with van der Waals surface area (Å²) in [5, 5.41) is 5.16. The fourth-order valence-electron chi connectivity index (χ4n) is 2.96. The van der Waals surface area contributed by atoms with Crippen molar-refractivity contribution < 1.29 is 22.3 Å². The Bertz CT molecular complexity index is 982. The van der Waals surface area contributed by atoms with Gasteiger partial charge >= 0.3 is 6.03 Å². The van der Waals surface area contributed by atoms with Gasteiger partial charge < -0.3 is 15.4 Å². The molecule has 0 aliphatic carbocycles. The van der Waals surface area contributed by atoms with Crippen LogP contribution >= 0.6 is 0 Å². The second kappa shape index (κ2) is 8.75. The second-order valence-electron chi connectivity index (χ2n) is 6.73. The zero-order valence-electron chi connectivity index (χ0n) is 16.2. The normalized spacial score (nSPS) is 17.1. The van der Waals surface area contributed by atoms with Crippen LogP contribution in [-0.2, 0) is 10.0 Å². The van der Waals surface area contributed by atoms with Crippen LogP contribution in [0.15, 0.2) is 36.5 Å². The van der Waals surface area contributed by atoms with Crippen molar-refractivity contribution in [3.05, 3.63) is 48.0 Å². The van der Waals surface area contributed by atoms with Crippen LogP contribution in [-0.4, -0.2) is 48.7 Å². The van der Waals surface area contributed by atoms with Crippen molar-refractivity contribution in [2.75, 3.05) is 29.5 Å². The smallest absolute Gasteiger partial charge is 0.323 e. The van der Waals surface area contributed by atoms with E-state index < -0.39 is 21.9 Å². The lowest BCUT2D eigenvalue weighted by Crippen LogP contribution is -2.32. The second-order valence-corrected chi connectivity index (χ2v) is 8.99. The minimum atomic E-state index is -3.28. The van der Waals surface area contributed by atoms with Crippen LogP contribution in [0, 0.1) is 12.7 Å². The Labute approximate surface area is 169 Å². The van der Waals surface area contributed by atoms with Crippen LogP contribution in [0.3, 0.4) is 0 Å². The number of sulfonamides is 1. The predicted molar refractivity (Wildman–Crippen MR) is 108 cm³/mol. The highest BCUT2D eigenvalue weighted by atomic mass is 32.2. The van der Waals surface area contributed by atoms with Gasteiger partial charge in [0.1, 0.15) is 17.7 Å². The Balaban J connectivity index is 1.62. The molecule has 1 aromatic carbocycles. The van der Waals surface area contributed by atoms with E-state index in [-0.39, 0.29) is 29.8 Å². The molecule has 1 atom stereocenters. The number of anilines is 2. The van der Waals surface area contributed by atoms with Crippen molar-refractivity contribution >= 4 is 27.4 Å². The van der Waals surface area contributed by atoms with Gasteiger partial charge in [0.15, 0.2) is 0 Å². The van der Waals surface area contributed by atoms with Gasteiger partial charge in [-0.15, -0.1) is 0 Å². The Hall–Kier alpha value is -2.72. The number of benzene rings is 1. The molecule has 10 heteroatoms. The summed E-state index contributed by atoms with van der Waals surface area (Å²) in [6.45, 7) is 4.01. The van der Waals surface area contributed by atoms with Gasteiger partial charge in [0.25, 0.3) is 0 Å². The van der Waals surface area contributed by atoms with E-state index in [1.54, 1.807) is 19.1 Å². The van der Waals surface area contributed by atoms with Gasteiger partial charge in [0.05, 0.1) is 24.2 Å². The predicted octanol–water partition coefficient (Wildman–Crippen LogP) is 2.98. The van der Waals surface area contributed by atoms with E-state index in [1.807, 2.05) is 6.92 Å². The first-order valence-corrected chi connectivity index (χ1v) is 10.8. The van der Waals surface area contributed by atoms with Crippen LogP contribution in [0.4, 0.5) is 20.6 Å². The first-order valence-electron chi connectivity index (χ1n) is 9.21. The molecule has 156 valence electrons. The van der Waals surface area contributed by atoms with Gasteiger partial charge in [-0.1, -0.05) is 0 Å². The number of carbonyl (C=O) groups excluding carboxylic acids is 1. The number of nitrogens with zero attached hydrogens (tertiary/aromatic N) is 2. The minimum absolute atomic E-state index is 0.0272. The first kappa shape index (κ1) is 21.0. The molecule has 1 aliphatic heterocycles. The third-order valence-corrected chi connectivity index (χ3v) is 6.32. The van der Waals surface area contributed by atoms with E-state index in [0.717, 1.165) is 5.69 Å². The lowest BCUT2D eigenvalue weighted by molar-refractivity contribution is 0.215. The van der Waals surface area contributed by atoms with Crippen molar-refractivity contribution in [1.29, 1.82) is 0 Å². The summed E-state index contributed by atoms with van der Waals surface area (Å²) in [7, 11) is -3.28. The highest BCUT2D eigenvalue weighted by Crippen LogP contribution is 2.25. The van der Waals surface area contributed by atoms with Gasteiger partial charge in [0, 0.05) is 30.1 Å². The van der Waals surface area contributed by atoms with Crippen LogP contribution in [0.1, 0.15) is 19.0 Å². The highest BCUT2D eigenvalue weighted by molar-refractivity contribution is 7.89. The zero-order chi connectivity index (χ0) is 21.0. The summed E-state index contributed by atoms with van der Waals surface area (Å²) >= 11 is 0. The van der Waals surface area contributed by atoms with Crippen molar-refractivity contribution in [1.82, 2.24) is 9.29 Å². The topological polar surface area (TPSA) is 101 Å². The van der Waals surface area contributed by atoms with Crippen LogP contribution in [0.5, 0.6) is 5.75 Å². The molecular weight excluding hydrogens is 399 g/mol. The molecule has 29 heavy (non-hydrogen) atoms. The lowest BCUT2D eigenvalue weighted by Gasteiger charge is -2.17. The molecule has 2 N–H and O–H groups in total. The van der Waals surface area contributed by atoms with Crippen molar-refractivity contribution in [3.63, 3.8) is 0 Å². The van der Waals surface area contributed by atoms with Crippen molar-refractivity contribution in [2.24, 2.45) is 0 Å². The van der Waals surface area contributed by atoms with E-state index in [2.05, 4.69) is 15.6 Å². The largest absolute Gasteiger partial charge is 0.489 e. The molecule has 2 heterocycles. The maximum atomic E-state index is 14.0. The SMILES string of the molecule is CCS(=O)(=O)N1CC[C@@H](Oc2cc(F)cc(NC(=O)Nc3ccc(C)nc3)c2)C1. The first-order chi connectivity index (χ1) is 13.7. The van der Waals surface area contributed by atoms with E-state index in [1.165, 1.54) is 28.7 Å². The van der Waals surface area contributed by atoms with Gasteiger partial charge in [0.2, 0.25) is 10.0 Å². The van der Waals surface area contributed by atoms with E-state index in [9.17, 15) is 17.6 Å². The van der Waals surface area contributed by atoms with E-state index in [0.29, 0.717) is 18.7 Å². The summed E-state index contributed by atoms with van der Waals surface area (Å²) in [4.78, 5) is 16.2. The Morgan fingerprint density at radius 3 is 2.72 bits per heavy atom. The molecule has 2 amide bonds. The van der Waals surface area contributed by atoms with Crippen LogP contribution in [0.2, 0.25) is 0 Å². The number of hydrogen-bond donors (Lipinski definition) is 2. The molecule has 1 saturated heterocycles. The molecule has 2 aromatic rings. The molecule has 3 rings (SSSR count). The average Bonchev–Trinajstić information content (AvgIpc) is 3.12. The molecule has 0 bridgehead atoms. The number of halogens is 1. The minimum Gasteiger partial charge on any atom is -0.489 e. The number of rotatable bonds is 6. The number of amides is 2. The monoisotopic (exact) mass is 422 g/mol. The third kappa shape index (κ3) is 5.64. The Kier molecular flexibility index (Phi) is 6.33. The van der Waals surface area contributed by atoms with Crippen LogP contribution < -0.4 is 15.4 Å². The molecule has 0 unspecified atom stereocenters. The van der Waals surface area contributed by atoms with E-state index in [4.69, 9.17) is 4.74 Å². The Morgan fingerprint density at radius 1 is 1.28 bits per heavy atom. The standard InChI is InChI=1S/C19H23FN4O4S/c1-3-29(26,27)24-7-6-17(12-24)28-18-9-14(20)8-16(10-18)23-19(25)22-15-5-4-13(2)21-11-15/h4-5,8-11,17H,3,6-7,12H2,1-2H3,(H2,22,23,25)/t17-/m1/s1. The number of nitrogens with one attached hydrogen (secondary N) is 2. The fourth-order valence-corrected chi connectivity index (χ4v) is 4.10. The average molecular weight is 422 g/mol. The maximum Gasteiger partial charge on any atom is 0.323 e. The fraction of sp³-hybridized carbons (Fsp3) is 0.368. The van der Waals surface area contributed by atoms with Crippen molar-refractivity contribution in [2.45, 2.75) is 26.4 Å². The summed E-state index contributed by atoms with van der Waals surface area (Å²) in [6.07, 6.45) is 1.66. The van der Waals surface area contributed by atoms with Gasteiger partial charge in [-0.25, -0.2) is 17.6 Å². The molecular formula is C19H23FN4O4S. The molecule has 0 radical (unpaired) electrons. The maximum absolute atomic E-state index is 14.0. The number of aryl methyl sites for hydroxylation is 1. The quantitative estimate of drug-likeness (QED) is 0.745. The van der Waals surface area contributed by atoms with Crippen LogP contribution in [0.25, 0.3) is 0 Å². The van der Waals surface area contributed by atoms with E-state index >= 15 is 0 Å². The summed E-state index contributed by atoms with van der Waals surface area (Å²) in [5.74, 6) is -0.330. The van der Waals surface area contributed by atoms with Crippen molar-refractivity contribution in [3.8, 4) is 5.75 Å². The number of aromatic nitrogens is 1. The molecule has 1 aromatic heterocycles. The number of hydrogen-bond acceptors (Lipinski definition) is 5. The molecule has 1 aliphatic rings. The lowest BCUT2D eigenvalue weighted by atomic mass is 10.2. The number of pyridine rings is 1. The Morgan fingerprint density at radius 2 is 2.03 bits per heavy atom. The highest BCUT2D eigenvalue weighted by Gasteiger charge is 2.31. The number of urea groups is 1. The number of carbonyl (C=O) groups is 1. The summed E-state index contributed by atoms with van der Waals surface area (Å²) < 4.78 is 45.0. The number of ether oxygens (including phenoxy) is 1. The summed E-state index contributed by atoms with van der Waals surface area (Å²) in [6, 6.07) is 6.78.